The smallest absolute Gasteiger partial charge is 0.206 e. The quantitative estimate of drug-likeness (QED) is 0.585. The van der Waals surface area contributed by atoms with Crippen molar-refractivity contribution in [3.05, 3.63) is 67.9 Å². The molecule has 0 aliphatic rings. The average molecular weight is 384 g/mol. The first-order chi connectivity index (χ1) is 9.58. The van der Waals surface area contributed by atoms with Gasteiger partial charge in [-0.25, -0.2) is 8.78 Å². The summed E-state index contributed by atoms with van der Waals surface area (Å²) < 4.78 is 32.4. The number of hydrogen-bond acceptors (Lipinski definition) is 2. The average Bonchev–Trinajstić information content (AvgIpc) is 2.46. The highest BCUT2D eigenvalue weighted by molar-refractivity contribution is 14.1. The van der Waals surface area contributed by atoms with Gasteiger partial charge in [-0.05, 0) is 28.7 Å². The van der Waals surface area contributed by atoms with Crippen molar-refractivity contribution in [2.45, 2.75) is 0 Å². The molecule has 2 aromatic carbocycles. The fourth-order valence-electron chi connectivity index (χ4n) is 1.94. The maximum atomic E-state index is 13.3. The van der Waals surface area contributed by atoms with Crippen molar-refractivity contribution in [2.75, 3.05) is 0 Å². The Morgan fingerprint density at radius 1 is 1.00 bits per heavy atom. The van der Waals surface area contributed by atoms with E-state index in [-0.39, 0.29) is 16.4 Å². The Labute approximate surface area is 126 Å². The highest BCUT2D eigenvalue weighted by atomic mass is 127. The lowest BCUT2D eigenvalue weighted by atomic mass is 10.1. The van der Waals surface area contributed by atoms with Gasteiger partial charge in [-0.15, -0.1) is 0 Å². The van der Waals surface area contributed by atoms with Crippen LogP contribution in [0.1, 0.15) is 0 Å². The molecular weight excluding hydrogens is 377 g/mol. The van der Waals surface area contributed by atoms with Gasteiger partial charge in [-0.1, -0.05) is 30.3 Å². The Morgan fingerprint density at radius 2 is 1.65 bits per heavy atom. The van der Waals surface area contributed by atoms with E-state index in [0.717, 1.165) is 12.1 Å². The summed E-state index contributed by atoms with van der Waals surface area (Å²) in [6.45, 7) is 0. The van der Waals surface area contributed by atoms with Crippen LogP contribution < -0.4 is 5.43 Å². The lowest BCUT2D eigenvalue weighted by Gasteiger charge is -2.06. The lowest BCUT2D eigenvalue weighted by molar-refractivity contribution is 0.506. The first kappa shape index (κ1) is 13.2. The van der Waals surface area contributed by atoms with Crippen LogP contribution in [0.4, 0.5) is 8.78 Å². The molecule has 0 N–H and O–H groups in total. The minimum atomic E-state index is -1.06. The van der Waals surface area contributed by atoms with E-state index in [2.05, 4.69) is 0 Å². The molecule has 3 aromatic rings. The molecule has 1 aromatic heterocycles. The van der Waals surface area contributed by atoms with Crippen LogP contribution in [-0.4, -0.2) is 0 Å². The maximum Gasteiger partial charge on any atom is 0.206 e. The zero-order valence-corrected chi connectivity index (χ0v) is 12.1. The van der Waals surface area contributed by atoms with E-state index in [1.54, 1.807) is 24.3 Å². The molecule has 0 spiro atoms. The van der Waals surface area contributed by atoms with Gasteiger partial charge in [0.15, 0.2) is 17.4 Å². The van der Waals surface area contributed by atoms with Crippen LogP contribution in [0.25, 0.3) is 22.3 Å². The van der Waals surface area contributed by atoms with Gasteiger partial charge in [0.25, 0.3) is 0 Å². The van der Waals surface area contributed by atoms with Crippen molar-refractivity contribution in [1.29, 1.82) is 0 Å². The van der Waals surface area contributed by atoms with E-state index in [1.807, 2.05) is 28.7 Å². The molecule has 0 aliphatic carbocycles. The molecule has 1 heterocycles. The number of benzene rings is 2. The van der Waals surface area contributed by atoms with Crippen molar-refractivity contribution >= 4 is 33.6 Å². The van der Waals surface area contributed by atoms with Gasteiger partial charge >= 0.3 is 0 Å². The molecular formula is C15H7F2IO2. The predicted octanol–water partition coefficient (Wildman–Crippen LogP) is 4.34. The molecule has 0 saturated carbocycles. The van der Waals surface area contributed by atoms with Crippen LogP contribution >= 0.6 is 22.6 Å². The number of hydrogen-bond donors (Lipinski definition) is 0. The summed E-state index contributed by atoms with van der Waals surface area (Å²) in [5, 5.41) is 0.0352. The van der Waals surface area contributed by atoms with E-state index in [0.29, 0.717) is 14.9 Å². The van der Waals surface area contributed by atoms with Crippen molar-refractivity contribution in [3.63, 3.8) is 0 Å². The Hall–Kier alpha value is -1.76. The first-order valence-corrected chi connectivity index (χ1v) is 6.82. The lowest BCUT2D eigenvalue weighted by Crippen LogP contribution is -2.08. The second-order valence-electron chi connectivity index (χ2n) is 4.20. The second-order valence-corrected chi connectivity index (χ2v) is 5.28. The Kier molecular flexibility index (Phi) is 3.29. The van der Waals surface area contributed by atoms with Crippen LogP contribution in [0.15, 0.2) is 51.7 Å². The van der Waals surface area contributed by atoms with Crippen molar-refractivity contribution < 1.29 is 13.2 Å². The Balaban J connectivity index is 2.39. The number of halogens is 3. The molecule has 0 radical (unpaired) electrons. The van der Waals surface area contributed by atoms with Crippen LogP contribution in [-0.2, 0) is 0 Å². The largest absolute Gasteiger partial charge is 0.455 e. The third-order valence-electron chi connectivity index (χ3n) is 2.91. The van der Waals surface area contributed by atoms with E-state index in [9.17, 15) is 13.6 Å². The summed E-state index contributed by atoms with van der Waals surface area (Å²) in [4.78, 5) is 12.2. The highest BCUT2D eigenvalue weighted by Crippen LogP contribution is 2.27. The molecule has 0 fully saturated rings. The molecule has 0 unspecified atom stereocenters. The number of rotatable bonds is 1. The zero-order chi connectivity index (χ0) is 14.3. The third-order valence-corrected chi connectivity index (χ3v) is 3.89. The molecule has 20 heavy (non-hydrogen) atoms. The Morgan fingerprint density at radius 3 is 2.35 bits per heavy atom. The van der Waals surface area contributed by atoms with Crippen LogP contribution in [0, 0.1) is 15.2 Å². The fraction of sp³-hybridized carbons (Fsp3) is 0. The van der Waals surface area contributed by atoms with Gasteiger partial charge in [0.2, 0.25) is 5.43 Å². The van der Waals surface area contributed by atoms with Gasteiger partial charge in [0.1, 0.15) is 9.15 Å². The van der Waals surface area contributed by atoms with Crippen molar-refractivity contribution in [2.24, 2.45) is 0 Å². The summed E-state index contributed by atoms with van der Waals surface area (Å²) >= 11 is 1.85. The molecule has 0 amide bonds. The summed E-state index contributed by atoms with van der Waals surface area (Å²) in [5.74, 6) is -1.75. The van der Waals surface area contributed by atoms with Crippen molar-refractivity contribution in [3.8, 4) is 11.3 Å². The normalized spacial score (nSPS) is 10.9. The molecule has 0 bridgehead atoms. The van der Waals surface area contributed by atoms with Gasteiger partial charge in [0, 0.05) is 11.6 Å². The minimum absolute atomic E-state index is 0.0352. The standard InChI is InChI=1S/C15H7F2IO2/c16-10-6-9-12(7-11(10)17)20-15(13(18)14(9)19)8-4-2-1-3-5-8/h1-7H. The summed E-state index contributed by atoms with van der Waals surface area (Å²) in [6.07, 6.45) is 0. The van der Waals surface area contributed by atoms with Gasteiger partial charge < -0.3 is 4.42 Å². The van der Waals surface area contributed by atoms with E-state index in [1.165, 1.54) is 0 Å². The molecule has 3 rings (SSSR count). The zero-order valence-electron chi connectivity index (χ0n) is 9.99. The van der Waals surface area contributed by atoms with Gasteiger partial charge in [-0.3, -0.25) is 4.79 Å². The van der Waals surface area contributed by atoms with E-state index < -0.39 is 11.6 Å². The minimum Gasteiger partial charge on any atom is -0.455 e. The van der Waals surface area contributed by atoms with E-state index >= 15 is 0 Å². The fourth-order valence-corrected chi connectivity index (χ4v) is 2.65. The van der Waals surface area contributed by atoms with Crippen LogP contribution in [0.2, 0.25) is 0 Å². The molecule has 0 atom stereocenters. The highest BCUT2D eigenvalue weighted by Gasteiger charge is 2.16. The summed E-state index contributed by atoms with van der Waals surface area (Å²) in [6, 6.07) is 10.8. The first-order valence-electron chi connectivity index (χ1n) is 5.74. The summed E-state index contributed by atoms with van der Waals surface area (Å²) in [5.41, 5.74) is 0.374. The summed E-state index contributed by atoms with van der Waals surface area (Å²) in [7, 11) is 0. The van der Waals surface area contributed by atoms with Gasteiger partial charge in [-0.2, -0.15) is 0 Å². The number of fused-ring (bicyclic) bond motifs is 1. The van der Waals surface area contributed by atoms with Crippen molar-refractivity contribution in [1.82, 2.24) is 0 Å². The molecule has 0 saturated heterocycles. The Bertz CT molecular complexity index is 857. The molecule has 100 valence electrons. The second kappa shape index (κ2) is 4.97. The van der Waals surface area contributed by atoms with Crippen LogP contribution in [0.5, 0.6) is 0 Å². The maximum absolute atomic E-state index is 13.3. The van der Waals surface area contributed by atoms with Crippen LogP contribution in [0.3, 0.4) is 0 Å². The van der Waals surface area contributed by atoms with Gasteiger partial charge in [0.05, 0.1) is 5.39 Å². The molecule has 5 heteroatoms. The predicted molar refractivity (Wildman–Crippen MR) is 80.6 cm³/mol. The monoisotopic (exact) mass is 384 g/mol. The molecule has 0 aliphatic heterocycles. The topological polar surface area (TPSA) is 30.2 Å². The molecule has 2 nitrogen and oxygen atoms in total. The SMILES string of the molecule is O=c1c(I)c(-c2ccccc2)oc2cc(F)c(F)cc12. The van der Waals surface area contributed by atoms with E-state index in [4.69, 9.17) is 4.42 Å². The third kappa shape index (κ3) is 2.11.